The summed E-state index contributed by atoms with van der Waals surface area (Å²) in [6, 6.07) is 15.8. The predicted octanol–water partition coefficient (Wildman–Crippen LogP) is 5.40. The molecule has 2 heteroatoms. The number of aliphatic hydroxyl groups is 1. The van der Waals surface area contributed by atoms with Crippen molar-refractivity contribution in [3.8, 4) is 5.75 Å². The van der Waals surface area contributed by atoms with E-state index in [4.69, 9.17) is 4.74 Å². The molecule has 0 spiro atoms. The molecule has 1 N–H and O–H groups in total. The van der Waals surface area contributed by atoms with Crippen molar-refractivity contribution in [2.75, 3.05) is 7.11 Å². The molecule has 0 saturated carbocycles. The predicted molar refractivity (Wildman–Crippen MR) is 93.0 cm³/mol. The number of hydrogen-bond donors (Lipinski definition) is 1. The molecule has 2 aromatic rings. The Morgan fingerprint density at radius 3 is 2.45 bits per heavy atom. The Morgan fingerprint density at radius 2 is 1.86 bits per heavy atom. The van der Waals surface area contributed by atoms with Gasteiger partial charge in [-0.15, -0.1) is 0 Å². The first-order valence-corrected chi connectivity index (χ1v) is 7.47. The van der Waals surface area contributed by atoms with Gasteiger partial charge in [-0.25, -0.2) is 0 Å². The summed E-state index contributed by atoms with van der Waals surface area (Å²) in [6.45, 7) is 4.06. The summed E-state index contributed by atoms with van der Waals surface area (Å²) in [5.41, 5.74) is 3.92. The highest BCUT2D eigenvalue weighted by Gasteiger charge is 2.07. The van der Waals surface area contributed by atoms with Crippen molar-refractivity contribution in [2.45, 2.75) is 20.3 Å². The summed E-state index contributed by atoms with van der Waals surface area (Å²) in [7, 11) is 1.64. The van der Waals surface area contributed by atoms with Gasteiger partial charge in [-0.2, -0.15) is 0 Å². The first-order valence-electron chi connectivity index (χ1n) is 7.47. The third-order valence-electron chi connectivity index (χ3n) is 3.53. The van der Waals surface area contributed by atoms with E-state index < -0.39 is 0 Å². The van der Waals surface area contributed by atoms with Gasteiger partial charge in [0.15, 0.2) is 0 Å². The highest BCUT2D eigenvalue weighted by Crippen LogP contribution is 2.25. The average Bonchev–Trinajstić information content (AvgIpc) is 2.55. The van der Waals surface area contributed by atoms with Gasteiger partial charge >= 0.3 is 0 Å². The van der Waals surface area contributed by atoms with Crippen molar-refractivity contribution in [2.24, 2.45) is 0 Å². The molecule has 0 aromatic heterocycles. The van der Waals surface area contributed by atoms with Gasteiger partial charge in [0.05, 0.1) is 7.11 Å². The van der Waals surface area contributed by atoms with Gasteiger partial charge in [0.2, 0.25) is 0 Å². The lowest BCUT2D eigenvalue weighted by atomic mass is 10.0. The monoisotopic (exact) mass is 294 g/mol. The second-order valence-electron chi connectivity index (χ2n) is 5.14. The summed E-state index contributed by atoms with van der Waals surface area (Å²) >= 11 is 0. The van der Waals surface area contributed by atoms with Gasteiger partial charge in [0.1, 0.15) is 11.5 Å². The van der Waals surface area contributed by atoms with Crippen LogP contribution in [0.1, 0.15) is 30.0 Å². The SMILES string of the molecule is CC/C=C(/C=C(/O)c1ccc(OC)cc1C)c1ccccc1. The largest absolute Gasteiger partial charge is 0.507 e. The Balaban J connectivity index is 2.39. The summed E-state index contributed by atoms with van der Waals surface area (Å²) in [4.78, 5) is 0. The van der Waals surface area contributed by atoms with Crippen LogP contribution >= 0.6 is 0 Å². The van der Waals surface area contributed by atoms with Crippen molar-refractivity contribution in [1.82, 2.24) is 0 Å². The van der Waals surface area contributed by atoms with E-state index in [1.54, 1.807) is 7.11 Å². The Labute approximate surface area is 132 Å². The van der Waals surface area contributed by atoms with E-state index in [9.17, 15) is 5.11 Å². The topological polar surface area (TPSA) is 29.5 Å². The molecule has 0 fully saturated rings. The molecule has 0 unspecified atom stereocenters. The minimum atomic E-state index is 0.267. The second-order valence-corrected chi connectivity index (χ2v) is 5.14. The molecule has 0 radical (unpaired) electrons. The van der Waals surface area contributed by atoms with Crippen LogP contribution in [-0.4, -0.2) is 12.2 Å². The van der Waals surface area contributed by atoms with E-state index in [0.717, 1.165) is 34.4 Å². The molecule has 0 aliphatic heterocycles. The number of ether oxygens (including phenoxy) is 1. The molecule has 2 aromatic carbocycles. The number of hydrogen-bond acceptors (Lipinski definition) is 2. The molecule has 0 heterocycles. The smallest absolute Gasteiger partial charge is 0.123 e. The number of rotatable bonds is 5. The molecular weight excluding hydrogens is 272 g/mol. The summed E-state index contributed by atoms with van der Waals surface area (Å²) < 4.78 is 5.21. The lowest BCUT2D eigenvalue weighted by Gasteiger charge is -2.09. The number of benzene rings is 2. The van der Waals surface area contributed by atoms with Crippen LogP contribution in [0.25, 0.3) is 11.3 Å². The molecular formula is C20H22O2. The van der Waals surface area contributed by atoms with Crippen LogP contribution in [0.2, 0.25) is 0 Å². The Kier molecular flexibility index (Phi) is 5.42. The van der Waals surface area contributed by atoms with E-state index in [2.05, 4.69) is 13.0 Å². The lowest BCUT2D eigenvalue weighted by Crippen LogP contribution is -1.92. The molecule has 0 aliphatic carbocycles. The number of methoxy groups -OCH3 is 1. The van der Waals surface area contributed by atoms with E-state index in [-0.39, 0.29) is 5.76 Å². The van der Waals surface area contributed by atoms with E-state index in [1.807, 2.05) is 61.5 Å². The van der Waals surface area contributed by atoms with Crippen LogP contribution in [0.3, 0.4) is 0 Å². The van der Waals surface area contributed by atoms with Crippen LogP contribution in [0, 0.1) is 6.92 Å². The minimum absolute atomic E-state index is 0.267. The fourth-order valence-corrected chi connectivity index (χ4v) is 2.39. The Hall–Kier alpha value is -2.48. The maximum atomic E-state index is 10.5. The normalized spacial score (nSPS) is 12.3. The molecule has 22 heavy (non-hydrogen) atoms. The van der Waals surface area contributed by atoms with E-state index >= 15 is 0 Å². The molecule has 2 rings (SSSR count). The van der Waals surface area contributed by atoms with Crippen molar-refractivity contribution < 1.29 is 9.84 Å². The van der Waals surface area contributed by atoms with Crippen LogP contribution in [0.15, 0.2) is 60.7 Å². The summed E-state index contributed by atoms with van der Waals surface area (Å²) in [6.07, 6.45) is 4.85. The Morgan fingerprint density at radius 1 is 1.14 bits per heavy atom. The van der Waals surface area contributed by atoms with Crippen molar-refractivity contribution >= 4 is 11.3 Å². The zero-order chi connectivity index (χ0) is 15.9. The molecule has 0 saturated heterocycles. The molecule has 0 bridgehead atoms. The number of aliphatic hydroxyl groups excluding tert-OH is 1. The fraction of sp³-hybridized carbons (Fsp3) is 0.200. The van der Waals surface area contributed by atoms with Crippen molar-refractivity contribution in [3.05, 3.63) is 77.4 Å². The van der Waals surface area contributed by atoms with E-state index in [1.165, 1.54) is 0 Å². The minimum Gasteiger partial charge on any atom is -0.507 e. The van der Waals surface area contributed by atoms with Crippen molar-refractivity contribution in [1.29, 1.82) is 0 Å². The Bertz CT molecular complexity index is 682. The first-order chi connectivity index (χ1) is 10.7. The number of aryl methyl sites for hydroxylation is 1. The molecule has 114 valence electrons. The third kappa shape index (κ3) is 3.79. The third-order valence-corrected chi connectivity index (χ3v) is 3.53. The van der Waals surface area contributed by atoms with Gasteiger partial charge in [0, 0.05) is 5.56 Å². The quantitative estimate of drug-likeness (QED) is 0.591. The standard InChI is InChI=1S/C20H22O2/c1-4-8-17(16-9-6-5-7-10-16)14-20(21)19-12-11-18(22-3)13-15(19)2/h5-14,21H,4H2,1-3H3/b17-8-,20-14+. The molecule has 0 amide bonds. The van der Waals surface area contributed by atoms with Gasteiger partial charge in [-0.3, -0.25) is 0 Å². The maximum Gasteiger partial charge on any atom is 0.123 e. The molecule has 0 atom stereocenters. The molecule has 2 nitrogen and oxygen atoms in total. The lowest BCUT2D eigenvalue weighted by molar-refractivity contribution is 0.414. The molecule has 0 aliphatic rings. The highest BCUT2D eigenvalue weighted by atomic mass is 16.5. The maximum absolute atomic E-state index is 10.5. The van der Waals surface area contributed by atoms with Crippen LogP contribution in [0.4, 0.5) is 0 Å². The zero-order valence-corrected chi connectivity index (χ0v) is 13.3. The summed E-state index contributed by atoms with van der Waals surface area (Å²) in [5.74, 6) is 1.06. The van der Waals surface area contributed by atoms with Crippen LogP contribution in [0.5, 0.6) is 5.75 Å². The van der Waals surface area contributed by atoms with Gasteiger partial charge in [0.25, 0.3) is 0 Å². The first kappa shape index (κ1) is 15.9. The zero-order valence-electron chi connectivity index (χ0n) is 13.3. The second kappa shape index (κ2) is 7.51. The van der Waals surface area contributed by atoms with Crippen LogP contribution in [-0.2, 0) is 0 Å². The number of allylic oxidation sites excluding steroid dienone is 3. The van der Waals surface area contributed by atoms with Gasteiger partial charge in [-0.1, -0.05) is 43.3 Å². The average molecular weight is 294 g/mol. The summed E-state index contributed by atoms with van der Waals surface area (Å²) in [5, 5.41) is 10.5. The highest BCUT2D eigenvalue weighted by molar-refractivity contribution is 5.82. The van der Waals surface area contributed by atoms with E-state index in [0.29, 0.717) is 0 Å². The van der Waals surface area contributed by atoms with Gasteiger partial charge in [-0.05, 0) is 54.3 Å². The fourth-order valence-electron chi connectivity index (χ4n) is 2.39. The van der Waals surface area contributed by atoms with Crippen molar-refractivity contribution in [3.63, 3.8) is 0 Å². The van der Waals surface area contributed by atoms with Crippen LogP contribution < -0.4 is 4.74 Å². The van der Waals surface area contributed by atoms with Gasteiger partial charge < -0.3 is 9.84 Å².